The molecule has 1 fully saturated rings. The third kappa shape index (κ3) is 24.3. The van der Waals surface area contributed by atoms with Crippen molar-refractivity contribution >= 4 is 35.1 Å². The van der Waals surface area contributed by atoms with Crippen molar-refractivity contribution < 1.29 is 39.5 Å². The minimum atomic E-state index is -1.02. The van der Waals surface area contributed by atoms with Gasteiger partial charge in [0.15, 0.2) is 34.7 Å². The topological polar surface area (TPSA) is 414 Å². The Balaban J connectivity index is 0.000000155. The van der Waals surface area contributed by atoms with Crippen molar-refractivity contribution in [2.75, 3.05) is 62.7 Å². The number of benzene rings is 4. The van der Waals surface area contributed by atoms with Crippen LogP contribution in [0.3, 0.4) is 0 Å². The lowest BCUT2D eigenvalue weighted by Crippen LogP contribution is -2.36. The van der Waals surface area contributed by atoms with E-state index in [-0.39, 0.29) is 51.1 Å². The number of aliphatic hydroxyl groups excluding tert-OH is 3. The molecule has 13 heterocycles. The Kier molecular flexibility index (Phi) is 32.5. The fourth-order valence-corrected chi connectivity index (χ4v) is 15.5. The highest BCUT2D eigenvalue weighted by atomic mass is 16.5. The number of hydrogen-bond acceptors (Lipinski definition) is 28. The van der Waals surface area contributed by atoms with Gasteiger partial charge >= 0.3 is 0 Å². The van der Waals surface area contributed by atoms with Crippen LogP contribution in [-0.4, -0.2) is 188 Å². The molecule has 138 heavy (non-hydrogen) atoms. The number of amides is 2. The molecule has 0 bridgehead atoms. The minimum absolute atomic E-state index is 0. The molecule has 0 spiro atoms. The normalized spacial score (nSPS) is 12.5. The Morgan fingerprint density at radius 3 is 1.20 bits per heavy atom. The largest absolute Gasteiger partial charge is 0.494 e. The number of likely N-dealkylation sites (tertiary alicyclic amines) is 1. The molecular formula is C104H118N26O8. The predicted octanol–water partition coefficient (Wildman–Crippen LogP) is 16.2. The van der Waals surface area contributed by atoms with Gasteiger partial charge in [0, 0.05) is 58.0 Å². The number of nitrogens with one attached hydrogen (secondary N) is 4. The van der Waals surface area contributed by atoms with Gasteiger partial charge in [-0.15, -0.1) is 40.8 Å². The van der Waals surface area contributed by atoms with Crippen LogP contribution in [0.4, 0.5) is 23.3 Å². The van der Waals surface area contributed by atoms with Crippen LogP contribution in [-0.2, 0) is 29.4 Å². The lowest BCUT2D eigenvalue weighted by molar-refractivity contribution is -0.131. The van der Waals surface area contributed by atoms with Crippen LogP contribution in [0.2, 0.25) is 0 Å². The number of aliphatic hydroxyl groups is 4. The van der Waals surface area contributed by atoms with E-state index >= 15 is 0 Å². The first-order valence-electron chi connectivity index (χ1n) is 44.8. The number of imidazole rings is 4. The number of methoxy groups -OCH3 is 2. The van der Waals surface area contributed by atoms with Crippen LogP contribution in [0.25, 0.3) is 68.3 Å². The molecular weight excluding hydrogens is 1740 g/mol. The zero-order chi connectivity index (χ0) is 97.3. The Hall–Kier alpha value is -15.8. The van der Waals surface area contributed by atoms with Crippen LogP contribution < -0.4 is 30.7 Å². The molecule has 1 saturated heterocycles. The summed E-state index contributed by atoms with van der Waals surface area (Å²) in [6.07, 6.45) is 16.4. The van der Waals surface area contributed by atoms with E-state index in [1.165, 1.54) is 0 Å². The third-order valence-electron chi connectivity index (χ3n) is 23.1. The Bertz CT molecular complexity index is 6850. The number of hydrogen-bond donors (Lipinski definition) is 8. The standard InChI is InChI=1S/C28H31N7O2.C26H29N7O2.C26H30N6O2.C23H24N6O2.CH4/c1-18-6-8-21(9-7-18)26(28(37)34-12-4-5-13-34)31-27-19(2)14-23(32-33-27)22-10-11-25(24(16-36)30-22)35-15-20(3)29-17-35;1-16-6-8-19(9-7-16)24(26(35)32(4)5)29-25-17(2)12-21(30-31-25)20-10-11-23(22(14-34)28-20)33-13-18(3)27-15-33;1-16-7-9-19(10-8-16)23(26(4,5)33)29-24-17(2)13-21(30-31-24)20-11-12-22(25(28-20)34-6)32-14-18(3)27-15-32;1-15-12-29(14-24-15)20-10-9-18(26-19(20)13-30)23-21(31-3)11-22(27-28-23)25-16(2)17-7-5-4-6-8-17;/h6-11,14-15,17,26,36H,4-5,12-13,16H2,1-3H3,(H,31,33);6-13,15,24,34H,14H2,1-5H3,(H,29,31);7-15,23,33H,1-6H3,(H,29,31);4-12,14,16,30H,13H2,1-3H3,(H,25,27);1H4/t26-;24-;23-;16-;/m1110./s1. The summed E-state index contributed by atoms with van der Waals surface area (Å²) >= 11 is 0. The van der Waals surface area contributed by atoms with Crippen LogP contribution in [0.15, 0.2) is 226 Å². The molecule has 0 radical (unpaired) electrons. The summed E-state index contributed by atoms with van der Waals surface area (Å²) in [5.41, 5.74) is 21.7. The third-order valence-corrected chi connectivity index (χ3v) is 23.1. The zero-order valence-electron chi connectivity index (χ0n) is 79.9. The molecule has 8 N–H and O–H groups in total. The van der Waals surface area contributed by atoms with Crippen molar-refractivity contribution in [2.24, 2.45) is 0 Å². The molecule has 2 amide bonds. The number of likely N-dealkylation sites (N-methyl/N-ethyl adjacent to an activating group) is 1. The van der Waals surface area contributed by atoms with E-state index in [1.54, 1.807) is 78.4 Å². The van der Waals surface area contributed by atoms with Crippen LogP contribution in [0.1, 0.15) is 161 Å². The summed E-state index contributed by atoms with van der Waals surface area (Å²) in [6.45, 7) is 26.0. The van der Waals surface area contributed by atoms with Gasteiger partial charge in [-0.25, -0.2) is 39.9 Å². The van der Waals surface area contributed by atoms with Gasteiger partial charge in [0.25, 0.3) is 0 Å². The molecule has 34 heteroatoms. The van der Waals surface area contributed by atoms with Gasteiger partial charge in [-0.2, -0.15) is 0 Å². The van der Waals surface area contributed by atoms with Crippen molar-refractivity contribution in [3.05, 3.63) is 322 Å². The second-order valence-electron chi connectivity index (χ2n) is 34.5. The number of carbonyl (C=O) groups excluding carboxylic acids is 2. The highest BCUT2D eigenvalue weighted by Crippen LogP contribution is 2.37. The molecule has 712 valence electrons. The van der Waals surface area contributed by atoms with Crippen molar-refractivity contribution in [1.82, 2.24) is 109 Å². The van der Waals surface area contributed by atoms with E-state index in [4.69, 9.17) is 9.47 Å². The maximum absolute atomic E-state index is 13.4. The monoisotopic (exact) mass is 1860 g/mol. The van der Waals surface area contributed by atoms with Gasteiger partial charge in [-0.05, 0) is 209 Å². The van der Waals surface area contributed by atoms with Crippen molar-refractivity contribution in [3.8, 4) is 79.9 Å². The fraction of sp³-hybridized carbons (Fsp3) is 0.288. The number of carbonyl (C=O) groups is 2. The molecule has 16 aromatic rings. The summed E-state index contributed by atoms with van der Waals surface area (Å²) in [4.78, 5) is 65.3. The number of aryl methyl sites for hydroxylation is 10. The minimum Gasteiger partial charge on any atom is -0.494 e. The molecule has 4 aromatic carbocycles. The van der Waals surface area contributed by atoms with Gasteiger partial charge in [0.05, 0.1) is 157 Å². The average Bonchev–Trinajstić information content (AvgIpc) is 1.22. The van der Waals surface area contributed by atoms with E-state index in [0.29, 0.717) is 97.5 Å². The molecule has 34 nitrogen and oxygen atoms in total. The lowest BCUT2D eigenvalue weighted by atomic mass is 9.91. The highest BCUT2D eigenvalue weighted by molar-refractivity contribution is 5.87. The van der Waals surface area contributed by atoms with E-state index in [0.717, 1.165) is 127 Å². The molecule has 17 rings (SSSR count). The van der Waals surface area contributed by atoms with Gasteiger partial charge < -0.3 is 79.2 Å². The van der Waals surface area contributed by atoms with Crippen LogP contribution >= 0.6 is 0 Å². The van der Waals surface area contributed by atoms with E-state index < -0.39 is 17.7 Å². The Labute approximate surface area is 802 Å². The number of ether oxygens (including phenoxy) is 2. The van der Waals surface area contributed by atoms with E-state index in [2.05, 4.69) is 121 Å². The Morgan fingerprint density at radius 2 is 0.804 bits per heavy atom. The van der Waals surface area contributed by atoms with Crippen LogP contribution in [0.5, 0.6) is 11.6 Å². The number of rotatable bonds is 28. The summed E-state index contributed by atoms with van der Waals surface area (Å²) in [7, 11) is 6.63. The summed E-state index contributed by atoms with van der Waals surface area (Å²) < 4.78 is 18.5. The second-order valence-corrected chi connectivity index (χ2v) is 34.5. The van der Waals surface area contributed by atoms with Gasteiger partial charge in [-0.1, -0.05) is 127 Å². The molecule has 12 aromatic heterocycles. The molecule has 1 aliphatic heterocycles. The van der Waals surface area contributed by atoms with E-state index in [9.17, 15) is 30.0 Å². The van der Waals surface area contributed by atoms with Crippen molar-refractivity contribution in [3.63, 3.8) is 0 Å². The summed E-state index contributed by atoms with van der Waals surface area (Å²) in [6, 6.07) is 55.1. The fourth-order valence-electron chi connectivity index (χ4n) is 15.5. The highest BCUT2D eigenvalue weighted by Gasteiger charge is 2.33. The van der Waals surface area contributed by atoms with Crippen molar-refractivity contribution in [2.45, 2.75) is 160 Å². The number of pyridine rings is 4. The lowest BCUT2D eigenvalue weighted by Gasteiger charge is -2.31. The first kappa shape index (κ1) is 99.7. The number of aromatic nitrogens is 20. The first-order valence-corrected chi connectivity index (χ1v) is 44.8. The molecule has 1 aliphatic rings. The second kappa shape index (κ2) is 45.0. The molecule has 4 atom stereocenters. The number of anilines is 4. The zero-order valence-corrected chi connectivity index (χ0v) is 79.9. The first-order chi connectivity index (χ1) is 65.9. The predicted molar refractivity (Wildman–Crippen MR) is 532 cm³/mol. The number of nitrogens with zero attached hydrogens (tertiary/aromatic N) is 22. The van der Waals surface area contributed by atoms with Crippen LogP contribution in [0, 0.1) is 69.2 Å². The SMILES string of the molecule is C.COc1cc(N[C@@H](C)c2ccccc2)nnc1-c1ccc(-n2cnc(C)c2)c(CO)n1.COc1nc(-c2cc(C)c(N[C@H](c3ccc(C)cc3)C(C)(C)O)nn2)ccc1-n1cnc(C)c1.Cc1ccc([C@@H](Nc2nnc(-c3ccc(-n4cnc(C)c4)c(CO)n3)cc2C)C(=O)N(C)C)cc1.Cc1ccc([C@@H](Nc2nnc(-c3ccc(-n4cnc(C)c4)c(CO)n3)cc2C)C(=O)N2CCCC2)cc1. The molecule has 0 aliphatic carbocycles. The quantitative estimate of drug-likeness (QED) is 0.0226. The smallest absolute Gasteiger partial charge is 0.249 e. The molecule has 0 unspecified atom stereocenters. The van der Waals surface area contributed by atoms with Gasteiger partial charge in [0.1, 0.15) is 34.9 Å². The summed E-state index contributed by atoms with van der Waals surface area (Å²) in [5, 5.41) is 88.9. The average molecular weight is 1860 g/mol. The summed E-state index contributed by atoms with van der Waals surface area (Å²) in [5.74, 6) is 3.25. The van der Waals surface area contributed by atoms with E-state index in [1.807, 2.05) is 275 Å². The maximum atomic E-state index is 13.4. The van der Waals surface area contributed by atoms with Gasteiger partial charge in [-0.3, -0.25) is 9.59 Å². The van der Waals surface area contributed by atoms with Gasteiger partial charge in [0.2, 0.25) is 17.7 Å². The molecule has 0 saturated carbocycles. The maximum Gasteiger partial charge on any atom is 0.249 e. The van der Waals surface area contributed by atoms with Crippen molar-refractivity contribution in [1.29, 1.82) is 0 Å². The Morgan fingerprint density at radius 1 is 0.420 bits per heavy atom.